The number of hydrogen-bond donors (Lipinski definition) is 2. The van der Waals surface area contributed by atoms with Crippen molar-refractivity contribution in [3.8, 4) is 11.3 Å². The maximum atomic E-state index is 11.3. The number of aliphatic hydroxyl groups excluding tert-OH is 1. The molecule has 0 saturated carbocycles. The Balaban J connectivity index is 1.78. The summed E-state index contributed by atoms with van der Waals surface area (Å²) in [5.74, 6) is -0.127. The van der Waals surface area contributed by atoms with E-state index in [1.54, 1.807) is 6.33 Å². The lowest BCUT2D eigenvalue weighted by Crippen LogP contribution is -2.27. The van der Waals surface area contributed by atoms with Crippen molar-refractivity contribution in [3.63, 3.8) is 0 Å². The molecule has 1 aromatic heterocycles. The number of imidazole rings is 1. The van der Waals surface area contributed by atoms with Crippen LogP contribution in [0.5, 0.6) is 0 Å². The average molecular weight is 305 g/mol. The number of aromatic nitrogens is 2. The molecule has 0 radical (unpaired) electrons. The summed E-state index contributed by atoms with van der Waals surface area (Å²) in [5, 5.41) is 10.3. The molecule has 3 heterocycles. The quantitative estimate of drug-likeness (QED) is 0.808. The first-order chi connectivity index (χ1) is 10.2. The summed E-state index contributed by atoms with van der Waals surface area (Å²) >= 11 is -2.04. The summed E-state index contributed by atoms with van der Waals surface area (Å²) < 4.78 is 24.0. The van der Waals surface area contributed by atoms with Gasteiger partial charge < -0.3 is 9.67 Å². The summed E-state index contributed by atoms with van der Waals surface area (Å²) in [6.07, 6.45) is 2.96. The predicted octanol–water partition coefficient (Wildman–Crippen LogP) is 0.882. The van der Waals surface area contributed by atoms with E-state index in [0.29, 0.717) is 6.54 Å². The van der Waals surface area contributed by atoms with Gasteiger partial charge in [0.25, 0.3) is 0 Å². The van der Waals surface area contributed by atoms with Gasteiger partial charge in [-0.2, -0.15) is 4.31 Å². The van der Waals surface area contributed by atoms with Crippen molar-refractivity contribution in [1.82, 2.24) is 13.9 Å². The molecule has 1 fully saturated rings. The molecule has 0 amide bonds. The second-order valence-electron chi connectivity index (χ2n) is 5.53. The third kappa shape index (κ3) is 1.89. The number of β-amino-alcohol motifs (C(OH)–C–C–N with tert-alkyl or cyclic N) is 1. The van der Waals surface area contributed by atoms with E-state index in [9.17, 15) is 13.9 Å². The molecule has 1 saturated heterocycles. The summed E-state index contributed by atoms with van der Waals surface area (Å²) in [6.45, 7) is 0.609. The Labute approximate surface area is 124 Å². The zero-order valence-electron chi connectivity index (χ0n) is 11.2. The summed E-state index contributed by atoms with van der Waals surface area (Å²) in [4.78, 5) is 4.20. The van der Waals surface area contributed by atoms with Crippen molar-refractivity contribution in [2.45, 2.75) is 12.1 Å². The van der Waals surface area contributed by atoms with E-state index >= 15 is 0 Å². The van der Waals surface area contributed by atoms with E-state index in [0.717, 1.165) is 16.8 Å². The summed E-state index contributed by atoms with van der Waals surface area (Å²) in [5.41, 5.74) is 3.30. The van der Waals surface area contributed by atoms with E-state index in [-0.39, 0.29) is 18.5 Å². The van der Waals surface area contributed by atoms with Gasteiger partial charge in [-0.3, -0.25) is 4.55 Å². The van der Waals surface area contributed by atoms with E-state index in [2.05, 4.69) is 15.6 Å². The van der Waals surface area contributed by atoms with Gasteiger partial charge in [0, 0.05) is 24.6 Å². The molecule has 1 aromatic carbocycles. The van der Waals surface area contributed by atoms with Gasteiger partial charge in [-0.05, 0) is 5.56 Å². The minimum absolute atomic E-state index is 0.0396. The standard InChI is InChI=1S/C14H15N3O3S/c18-13-7-16(21(19)20)6-11(13)14-10-4-2-1-3-9(10)12-5-15-8-17(12)14/h1-5,8,11,13-14,18H,6-7H2,(H,19,20). The third-order valence-corrected chi connectivity index (χ3v) is 5.19. The minimum atomic E-state index is -2.04. The van der Waals surface area contributed by atoms with Crippen molar-refractivity contribution in [2.75, 3.05) is 13.1 Å². The maximum Gasteiger partial charge on any atom is 0.234 e. The molecule has 4 atom stereocenters. The minimum Gasteiger partial charge on any atom is -0.391 e. The number of aliphatic hydroxyl groups is 1. The lowest BCUT2D eigenvalue weighted by atomic mass is 9.90. The Morgan fingerprint density at radius 2 is 2.10 bits per heavy atom. The molecule has 2 aliphatic heterocycles. The molecule has 0 spiro atoms. The Bertz CT molecular complexity index is 717. The highest BCUT2D eigenvalue weighted by molar-refractivity contribution is 7.76. The van der Waals surface area contributed by atoms with Crippen LogP contribution in [-0.2, 0) is 11.3 Å². The van der Waals surface area contributed by atoms with Gasteiger partial charge in [-0.15, -0.1) is 0 Å². The Morgan fingerprint density at radius 1 is 1.29 bits per heavy atom. The molecular weight excluding hydrogens is 290 g/mol. The van der Waals surface area contributed by atoms with E-state index in [1.165, 1.54) is 4.31 Å². The van der Waals surface area contributed by atoms with Crippen LogP contribution in [0.1, 0.15) is 11.6 Å². The van der Waals surface area contributed by atoms with Gasteiger partial charge in [0.2, 0.25) is 11.3 Å². The zero-order chi connectivity index (χ0) is 14.6. The normalized spacial score (nSPS) is 29.3. The third-order valence-electron chi connectivity index (χ3n) is 4.45. The molecule has 110 valence electrons. The van der Waals surface area contributed by atoms with Crippen LogP contribution in [-0.4, -0.2) is 46.9 Å². The second kappa shape index (κ2) is 4.74. The van der Waals surface area contributed by atoms with Crippen LogP contribution in [0.25, 0.3) is 11.3 Å². The number of rotatable bonds is 2. The number of benzene rings is 1. The second-order valence-corrected chi connectivity index (χ2v) is 6.50. The van der Waals surface area contributed by atoms with E-state index in [1.807, 2.05) is 24.4 Å². The molecule has 2 N–H and O–H groups in total. The van der Waals surface area contributed by atoms with Crippen LogP contribution in [0.3, 0.4) is 0 Å². The molecule has 4 unspecified atom stereocenters. The smallest absolute Gasteiger partial charge is 0.234 e. The molecule has 21 heavy (non-hydrogen) atoms. The van der Waals surface area contributed by atoms with Crippen molar-refractivity contribution in [2.24, 2.45) is 5.92 Å². The first-order valence-electron chi connectivity index (χ1n) is 6.82. The lowest BCUT2D eigenvalue weighted by Gasteiger charge is -2.24. The van der Waals surface area contributed by atoms with Crippen LogP contribution in [0, 0.1) is 5.92 Å². The highest BCUT2D eigenvalue weighted by Gasteiger charge is 2.43. The van der Waals surface area contributed by atoms with Gasteiger partial charge >= 0.3 is 0 Å². The lowest BCUT2D eigenvalue weighted by molar-refractivity contribution is 0.126. The molecule has 2 aromatic rings. The first kappa shape index (κ1) is 13.1. The summed E-state index contributed by atoms with van der Waals surface area (Å²) in [7, 11) is 0. The fourth-order valence-electron chi connectivity index (χ4n) is 3.52. The van der Waals surface area contributed by atoms with E-state index < -0.39 is 17.4 Å². The molecule has 4 rings (SSSR count). The fourth-order valence-corrected chi connectivity index (χ4v) is 4.10. The zero-order valence-corrected chi connectivity index (χ0v) is 12.0. The number of nitrogens with zero attached hydrogens (tertiary/aromatic N) is 3. The van der Waals surface area contributed by atoms with Gasteiger partial charge in [0.1, 0.15) is 0 Å². The molecular formula is C14H15N3O3S. The van der Waals surface area contributed by atoms with Crippen LogP contribution >= 0.6 is 0 Å². The van der Waals surface area contributed by atoms with Crippen molar-refractivity contribution in [3.05, 3.63) is 42.4 Å². The van der Waals surface area contributed by atoms with E-state index in [4.69, 9.17) is 0 Å². The van der Waals surface area contributed by atoms with Gasteiger partial charge in [-0.25, -0.2) is 9.19 Å². The van der Waals surface area contributed by atoms with Gasteiger partial charge in [-0.1, -0.05) is 24.3 Å². The Morgan fingerprint density at radius 3 is 2.86 bits per heavy atom. The van der Waals surface area contributed by atoms with Crippen molar-refractivity contribution < 1.29 is 13.9 Å². The van der Waals surface area contributed by atoms with Crippen LogP contribution in [0.15, 0.2) is 36.8 Å². The average Bonchev–Trinajstić information content (AvgIpc) is 3.13. The van der Waals surface area contributed by atoms with Crippen molar-refractivity contribution in [1.29, 1.82) is 0 Å². The van der Waals surface area contributed by atoms with Crippen LogP contribution in [0.2, 0.25) is 0 Å². The van der Waals surface area contributed by atoms with Crippen LogP contribution < -0.4 is 0 Å². The molecule has 0 bridgehead atoms. The topological polar surface area (TPSA) is 78.6 Å². The SMILES string of the molecule is O=S(O)N1CC(O)C(C2c3ccccc3-c3cncn32)C1. The molecule has 7 heteroatoms. The largest absolute Gasteiger partial charge is 0.391 e. The molecule has 2 aliphatic rings. The summed E-state index contributed by atoms with van der Waals surface area (Å²) in [6, 6.07) is 8.03. The molecule has 6 nitrogen and oxygen atoms in total. The van der Waals surface area contributed by atoms with Gasteiger partial charge in [0.15, 0.2) is 0 Å². The van der Waals surface area contributed by atoms with Crippen LogP contribution in [0.4, 0.5) is 0 Å². The Hall–Kier alpha value is -1.54. The highest BCUT2D eigenvalue weighted by Crippen LogP contribution is 2.45. The predicted molar refractivity (Wildman–Crippen MR) is 77.6 cm³/mol. The highest BCUT2D eigenvalue weighted by atomic mass is 32.2. The first-order valence-corrected chi connectivity index (χ1v) is 7.88. The molecule has 0 aliphatic carbocycles. The Kier molecular flexibility index (Phi) is 2.97. The monoisotopic (exact) mass is 305 g/mol. The fraction of sp³-hybridized carbons (Fsp3) is 0.357. The van der Waals surface area contributed by atoms with Gasteiger partial charge in [0.05, 0.1) is 30.4 Å². The number of hydrogen-bond acceptors (Lipinski definition) is 3. The van der Waals surface area contributed by atoms with Crippen molar-refractivity contribution >= 4 is 11.3 Å². The maximum absolute atomic E-state index is 11.3. The number of fused-ring (bicyclic) bond motifs is 3.